The van der Waals surface area contributed by atoms with Gasteiger partial charge in [-0.3, -0.25) is 14.6 Å². The van der Waals surface area contributed by atoms with Crippen molar-refractivity contribution in [3.63, 3.8) is 0 Å². The number of nitrogens with zero attached hydrogens (tertiary/aromatic N) is 1. The molecular weight excluding hydrogens is 454 g/mol. The molecule has 178 valence electrons. The van der Waals surface area contributed by atoms with Crippen LogP contribution in [0, 0.1) is 5.92 Å². The summed E-state index contributed by atoms with van der Waals surface area (Å²) in [6, 6.07) is 21.3. The van der Waals surface area contributed by atoms with Crippen LogP contribution in [0.25, 0.3) is 0 Å². The average molecular weight is 478 g/mol. The maximum absolute atomic E-state index is 13.5. The first kappa shape index (κ1) is 22.2. The van der Waals surface area contributed by atoms with Crippen LogP contribution >= 0.6 is 0 Å². The van der Waals surface area contributed by atoms with Crippen LogP contribution in [0.5, 0.6) is 11.5 Å². The van der Waals surface area contributed by atoms with Gasteiger partial charge in [-0.2, -0.15) is 0 Å². The summed E-state index contributed by atoms with van der Waals surface area (Å²) in [5, 5.41) is 0. The second kappa shape index (κ2) is 8.72. The summed E-state index contributed by atoms with van der Waals surface area (Å²) < 4.78 is 10.7. The second-order valence-corrected chi connectivity index (χ2v) is 9.19. The van der Waals surface area contributed by atoms with Crippen LogP contribution in [0.1, 0.15) is 57.0 Å². The Balaban J connectivity index is 1.33. The lowest BCUT2D eigenvalue weighted by molar-refractivity contribution is -0.116. The third kappa shape index (κ3) is 3.57. The van der Waals surface area contributed by atoms with E-state index in [2.05, 4.69) is 0 Å². The molecule has 6 rings (SSSR count). The van der Waals surface area contributed by atoms with Crippen molar-refractivity contribution in [3.05, 3.63) is 106 Å². The van der Waals surface area contributed by atoms with E-state index in [4.69, 9.17) is 14.5 Å². The number of fused-ring (bicyclic) bond motifs is 3. The number of methoxy groups -OCH3 is 1. The highest BCUT2D eigenvalue weighted by molar-refractivity contribution is 6.30. The van der Waals surface area contributed by atoms with Crippen molar-refractivity contribution in [1.29, 1.82) is 0 Å². The standard InChI is InChI=1S/C30H23NO5/c1-35-19-13-11-18(12-14-19)30(34)36-20-15-9-17(10-16-20)25-26-23(7-4-8-24(26)32)31-28-21-5-2-3-6-22(21)29(33)27(25)28/h2-3,5-6,9-16,25,27H,4,7-8H2,1H3/t25-,27-/m0/s1. The molecule has 1 aliphatic heterocycles. The Morgan fingerprint density at radius 2 is 1.53 bits per heavy atom. The normalized spacial score (nSPS) is 20.3. The molecule has 0 fully saturated rings. The summed E-state index contributed by atoms with van der Waals surface area (Å²) in [7, 11) is 1.56. The number of esters is 1. The number of hydrogen-bond donors (Lipinski definition) is 0. The number of aliphatic imine (C=N–C) groups is 1. The number of benzene rings is 3. The number of carbonyl (C=O) groups is 3. The van der Waals surface area contributed by atoms with Gasteiger partial charge in [0.1, 0.15) is 11.5 Å². The van der Waals surface area contributed by atoms with E-state index < -0.39 is 17.8 Å². The Morgan fingerprint density at radius 3 is 2.25 bits per heavy atom. The van der Waals surface area contributed by atoms with Gasteiger partial charge < -0.3 is 9.47 Å². The summed E-state index contributed by atoms with van der Waals surface area (Å²) >= 11 is 0. The molecule has 0 radical (unpaired) electrons. The van der Waals surface area contributed by atoms with Gasteiger partial charge in [-0.15, -0.1) is 0 Å². The van der Waals surface area contributed by atoms with Gasteiger partial charge in [0.15, 0.2) is 11.6 Å². The van der Waals surface area contributed by atoms with Crippen molar-refractivity contribution < 1.29 is 23.9 Å². The lowest BCUT2D eigenvalue weighted by Gasteiger charge is -2.33. The summed E-state index contributed by atoms with van der Waals surface area (Å²) in [4.78, 5) is 44.0. The van der Waals surface area contributed by atoms with Gasteiger partial charge in [-0.05, 0) is 54.8 Å². The Kier molecular flexibility index (Phi) is 5.37. The first-order valence-electron chi connectivity index (χ1n) is 12.0. The van der Waals surface area contributed by atoms with E-state index in [0.717, 1.165) is 35.4 Å². The predicted molar refractivity (Wildman–Crippen MR) is 134 cm³/mol. The number of ether oxygens (including phenoxy) is 2. The van der Waals surface area contributed by atoms with Crippen LogP contribution in [0.2, 0.25) is 0 Å². The first-order valence-corrected chi connectivity index (χ1v) is 12.0. The second-order valence-electron chi connectivity index (χ2n) is 9.19. The fraction of sp³-hybridized carbons (Fsp3) is 0.200. The molecule has 0 saturated carbocycles. The zero-order chi connectivity index (χ0) is 24.8. The first-order chi connectivity index (χ1) is 17.5. The molecule has 0 bridgehead atoms. The van der Waals surface area contributed by atoms with E-state index in [1.807, 2.05) is 36.4 Å². The third-order valence-corrected chi connectivity index (χ3v) is 7.15. The molecule has 6 nitrogen and oxygen atoms in total. The topological polar surface area (TPSA) is 82.0 Å². The van der Waals surface area contributed by atoms with Crippen LogP contribution in [0.3, 0.4) is 0 Å². The number of ketones is 2. The van der Waals surface area contributed by atoms with Crippen molar-refractivity contribution in [3.8, 4) is 11.5 Å². The molecule has 0 unspecified atom stereocenters. The quantitative estimate of drug-likeness (QED) is 0.375. The van der Waals surface area contributed by atoms with Crippen LogP contribution in [-0.4, -0.2) is 30.4 Å². The maximum atomic E-state index is 13.5. The smallest absolute Gasteiger partial charge is 0.343 e. The molecule has 0 aromatic heterocycles. The average Bonchev–Trinajstić information content (AvgIpc) is 3.20. The van der Waals surface area contributed by atoms with Crippen LogP contribution < -0.4 is 9.47 Å². The van der Waals surface area contributed by atoms with E-state index in [1.54, 1.807) is 43.5 Å². The highest BCUT2D eigenvalue weighted by Crippen LogP contribution is 2.48. The van der Waals surface area contributed by atoms with Gasteiger partial charge in [-0.25, -0.2) is 4.79 Å². The molecule has 0 saturated heterocycles. The van der Waals surface area contributed by atoms with E-state index in [0.29, 0.717) is 34.6 Å². The molecule has 3 aliphatic rings. The fourth-order valence-corrected chi connectivity index (χ4v) is 5.44. The Labute approximate surface area is 208 Å². The van der Waals surface area contributed by atoms with Crippen molar-refractivity contribution in [2.45, 2.75) is 25.2 Å². The van der Waals surface area contributed by atoms with Gasteiger partial charge in [-0.1, -0.05) is 36.4 Å². The van der Waals surface area contributed by atoms with Crippen molar-refractivity contribution in [1.82, 2.24) is 0 Å². The number of carbonyl (C=O) groups excluding carboxylic acids is 3. The molecule has 2 aliphatic carbocycles. The fourth-order valence-electron chi connectivity index (χ4n) is 5.44. The molecule has 6 heteroatoms. The minimum atomic E-state index is -0.532. The predicted octanol–water partition coefficient (Wildman–Crippen LogP) is 5.32. The van der Waals surface area contributed by atoms with E-state index in [1.165, 1.54) is 0 Å². The summed E-state index contributed by atoms with van der Waals surface area (Å²) in [5.74, 6) is -0.332. The van der Waals surface area contributed by atoms with Crippen LogP contribution in [-0.2, 0) is 4.79 Å². The zero-order valence-corrected chi connectivity index (χ0v) is 19.7. The lowest BCUT2D eigenvalue weighted by atomic mass is 9.71. The minimum Gasteiger partial charge on any atom is -0.497 e. The summed E-state index contributed by atoms with van der Waals surface area (Å²) in [6.45, 7) is 0. The van der Waals surface area contributed by atoms with E-state index in [9.17, 15) is 14.4 Å². The number of rotatable bonds is 4. The molecule has 0 amide bonds. The molecule has 1 heterocycles. The van der Waals surface area contributed by atoms with E-state index >= 15 is 0 Å². The maximum Gasteiger partial charge on any atom is 0.343 e. The Hall–Kier alpha value is -4.32. The van der Waals surface area contributed by atoms with Crippen LogP contribution in [0.4, 0.5) is 0 Å². The molecule has 3 aromatic carbocycles. The monoisotopic (exact) mass is 477 g/mol. The highest BCUT2D eigenvalue weighted by Gasteiger charge is 2.48. The Morgan fingerprint density at radius 1 is 0.833 bits per heavy atom. The lowest BCUT2D eigenvalue weighted by Crippen LogP contribution is -2.33. The Bertz CT molecular complexity index is 1460. The van der Waals surface area contributed by atoms with Gasteiger partial charge in [0.2, 0.25) is 0 Å². The third-order valence-electron chi connectivity index (χ3n) is 7.15. The van der Waals surface area contributed by atoms with Gasteiger partial charge in [0.05, 0.1) is 24.3 Å². The molecule has 36 heavy (non-hydrogen) atoms. The van der Waals surface area contributed by atoms with Gasteiger partial charge in [0.25, 0.3) is 0 Å². The van der Waals surface area contributed by atoms with E-state index in [-0.39, 0.29) is 11.6 Å². The van der Waals surface area contributed by atoms with Gasteiger partial charge in [0, 0.05) is 34.7 Å². The minimum absolute atomic E-state index is 0.00529. The largest absolute Gasteiger partial charge is 0.497 e. The molecule has 0 N–H and O–H groups in total. The molecule has 0 spiro atoms. The summed E-state index contributed by atoms with van der Waals surface area (Å²) in [6.07, 6.45) is 1.95. The number of Topliss-reactive ketones (excluding diaryl/α,β-unsaturated/α-hetero) is 2. The summed E-state index contributed by atoms with van der Waals surface area (Å²) in [5.41, 5.74) is 4.95. The van der Waals surface area contributed by atoms with Crippen LogP contribution in [0.15, 0.2) is 89.1 Å². The zero-order valence-electron chi connectivity index (χ0n) is 19.7. The number of hydrogen-bond acceptors (Lipinski definition) is 6. The van der Waals surface area contributed by atoms with Crippen molar-refractivity contribution >= 4 is 23.2 Å². The SMILES string of the molecule is COc1ccc(C(=O)Oc2ccc([C@H]3C4=C(CCCC4=O)N=C4c5ccccc5C(=O)[C@H]43)cc2)cc1. The molecular formula is C30H23NO5. The van der Waals surface area contributed by atoms with Gasteiger partial charge >= 0.3 is 5.97 Å². The number of allylic oxidation sites excluding steroid dienone is 2. The molecule has 2 atom stereocenters. The van der Waals surface area contributed by atoms with Crippen molar-refractivity contribution in [2.24, 2.45) is 10.9 Å². The highest BCUT2D eigenvalue weighted by atomic mass is 16.5. The molecule has 3 aromatic rings. The van der Waals surface area contributed by atoms with Crippen molar-refractivity contribution in [2.75, 3.05) is 7.11 Å².